The average molecular weight is 449 g/mol. The summed E-state index contributed by atoms with van der Waals surface area (Å²) in [7, 11) is -1.83. The van der Waals surface area contributed by atoms with Crippen molar-refractivity contribution in [1.29, 1.82) is 0 Å². The van der Waals surface area contributed by atoms with Crippen molar-refractivity contribution in [3.8, 4) is 11.5 Å². The van der Waals surface area contributed by atoms with Gasteiger partial charge in [0.15, 0.2) is 0 Å². The number of sulfonamides is 1. The van der Waals surface area contributed by atoms with Crippen LogP contribution in [0.2, 0.25) is 0 Å². The Labute approximate surface area is 185 Å². The van der Waals surface area contributed by atoms with E-state index in [2.05, 4.69) is 5.32 Å². The van der Waals surface area contributed by atoms with Crippen LogP contribution in [0.3, 0.4) is 0 Å². The smallest absolute Gasteiger partial charge is 0.232 e. The van der Waals surface area contributed by atoms with Gasteiger partial charge in [-0.1, -0.05) is 19.1 Å². The number of benzene rings is 2. The molecule has 1 atom stereocenters. The standard InChI is InChI=1S/C23H32N2O5S/c1-5-19-8-10-20(11-9-19)25(31(4,27)28)16-6-7-23(26)24-18(2)17-30-22-14-12-21(29-3)13-15-22/h8-15,18H,5-7,16-17H2,1-4H3,(H,24,26). The van der Waals surface area contributed by atoms with E-state index in [0.717, 1.165) is 17.7 Å². The first kappa shape index (κ1) is 24.5. The Balaban J connectivity index is 1.79. The van der Waals surface area contributed by atoms with Crippen LogP contribution in [0.15, 0.2) is 48.5 Å². The van der Waals surface area contributed by atoms with E-state index in [-0.39, 0.29) is 24.9 Å². The molecule has 0 radical (unpaired) electrons. The average Bonchev–Trinajstić information content (AvgIpc) is 2.75. The zero-order chi connectivity index (χ0) is 22.9. The molecule has 0 aliphatic rings. The number of carbonyl (C=O) groups is 1. The van der Waals surface area contributed by atoms with Gasteiger partial charge in [0.05, 0.1) is 25.1 Å². The van der Waals surface area contributed by atoms with E-state index >= 15 is 0 Å². The lowest BCUT2D eigenvalue weighted by Crippen LogP contribution is -2.37. The second kappa shape index (κ2) is 11.6. The lowest BCUT2D eigenvalue weighted by atomic mass is 10.1. The van der Waals surface area contributed by atoms with Crippen molar-refractivity contribution in [2.24, 2.45) is 0 Å². The first-order valence-electron chi connectivity index (χ1n) is 10.4. The molecule has 0 heterocycles. The molecule has 0 saturated heterocycles. The lowest BCUT2D eigenvalue weighted by molar-refractivity contribution is -0.121. The van der Waals surface area contributed by atoms with E-state index in [1.165, 1.54) is 10.6 Å². The van der Waals surface area contributed by atoms with Gasteiger partial charge in [-0.25, -0.2) is 8.42 Å². The molecule has 0 aliphatic carbocycles. The van der Waals surface area contributed by atoms with E-state index in [1.807, 2.05) is 38.1 Å². The number of anilines is 1. The third-order valence-corrected chi connectivity index (χ3v) is 5.96. The van der Waals surface area contributed by atoms with Crippen molar-refractivity contribution in [3.05, 3.63) is 54.1 Å². The molecule has 1 unspecified atom stereocenters. The molecule has 170 valence electrons. The van der Waals surface area contributed by atoms with E-state index in [0.29, 0.717) is 24.5 Å². The number of hydrogen-bond donors (Lipinski definition) is 1. The number of hydrogen-bond acceptors (Lipinski definition) is 5. The van der Waals surface area contributed by atoms with Crippen LogP contribution in [0.1, 0.15) is 32.3 Å². The summed E-state index contributed by atoms with van der Waals surface area (Å²) in [4.78, 5) is 12.2. The van der Waals surface area contributed by atoms with Crippen molar-refractivity contribution in [1.82, 2.24) is 5.32 Å². The van der Waals surface area contributed by atoms with Gasteiger partial charge in [-0.15, -0.1) is 0 Å². The number of nitrogens with one attached hydrogen (secondary N) is 1. The monoisotopic (exact) mass is 448 g/mol. The molecule has 2 aromatic carbocycles. The zero-order valence-corrected chi connectivity index (χ0v) is 19.4. The van der Waals surface area contributed by atoms with Crippen molar-refractivity contribution in [2.45, 2.75) is 39.2 Å². The summed E-state index contributed by atoms with van der Waals surface area (Å²) >= 11 is 0. The second-order valence-corrected chi connectivity index (χ2v) is 9.32. The van der Waals surface area contributed by atoms with E-state index in [9.17, 15) is 13.2 Å². The fourth-order valence-corrected chi connectivity index (χ4v) is 4.01. The maximum atomic E-state index is 12.2. The molecule has 31 heavy (non-hydrogen) atoms. The van der Waals surface area contributed by atoms with Crippen LogP contribution >= 0.6 is 0 Å². The van der Waals surface area contributed by atoms with Crippen LogP contribution in [0.5, 0.6) is 11.5 Å². The Morgan fingerprint density at radius 2 is 1.68 bits per heavy atom. The highest BCUT2D eigenvalue weighted by Gasteiger charge is 2.18. The van der Waals surface area contributed by atoms with Gasteiger partial charge in [-0.2, -0.15) is 0 Å². The summed E-state index contributed by atoms with van der Waals surface area (Å²) in [5.41, 5.74) is 1.75. The maximum absolute atomic E-state index is 12.2. The summed E-state index contributed by atoms with van der Waals surface area (Å²) in [6, 6.07) is 14.5. The van der Waals surface area contributed by atoms with Crippen molar-refractivity contribution in [3.63, 3.8) is 0 Å². The zero-order valence-electron chi connectivity index (χ0n) is 18.6. The molecular weight excluding hydrogens is 416 g/mol. The minimum absolute atomic E-state index is 0.138. The van der Waals surface area contributed by atoms with Crippen LogP contribution in [-0.4, -0.2) is 46.9 Å². The fraction of sp³-hybridized carbons (Fsp3) is 0.435. The first-order valence-corrected chi connectivity index (χ1v) is 12.2. The first-order chi connectivity index (χ1) is 14.7. The molecule has 2 rings (SSSR count). The fourth-order valence-electron chi connectivity index (χ4n) is 3.05. The summed E-state index contributed by atoms with van der Waals surface area (Å²) in [6.07, 6.45) is 2.71. The highest BCUT2D eigenvalue weighted by atomic mass is 32.2. The van der Waals surface area contributed by atoms with Crippen LogP contribution in [0, 0.1) is 0 Å². The number of aryl methyl sites for hydroxylation is 1. The third-order valence-electron chi connectivity index (χ3n) is 4.76. The summed E-state index contributed by atoms with van der Waals surface area (Å²) in [5, 5.41) is 2.88. The van der Waals surface area contributed by atoms with Crippen LogP contribution in [0.4, 0.5) is 5.69 Å². The molecule has 7 nitrogen and oxygen atoms in total. The molecular formula is C23H32N2O5S. The van der Waals surface area contributed by atoms with Crippen LogP contribution < -0.4 is 19.1 Å². The van der Waals surface area contributed by atoms with Gasteiger partial charge < -0.3 is 14.8 Å². The van der Waals surface area contributed by atoms with Gasteiger partial charge in [-0.05, 0) is 61.7 Å². The van der Waals surface area contributed by atoms with Gasteiger partial charge in [0, 0.05) is 13.0 Å². The predicted octanol–water partition coefficient (Wildman–Crippen LogP) is 3.39. The Bertz CT molecular complexity index is 927. The largest absolute Gasteiger partial charge is 0.497 e. The van der Waals surface area contributed by atoms with Gasteiger partial charge in [0.1, 0.15) is 18.1 Å². The molecule has 0 saturated carbocycles. The highest BCUT2D eigenvalue weighted by molar-refractivity contribution is 7.92. The Hall–Kier alpha value is -2.74. The van der Waals surface area contributed by atoms with Crippen LogP contribution in [-0.2, 0) is 21.2 Å². The van der Waals surface area contributed by atoms with Gasteiger partial charge in [0.25, 0.3) is 0 Å². The number of methoxy groups -OCH3 is 1. The Morgan fingerprint density at radius 3 is 2.23 bits per heavy atom. The second-order valence-electron chi connectivity index (χ2n) is 7.41. The molecule has 8 heteroatoms. The highest BCUT2D eigenvalue weighted by Crippen LogP contribution is 2.20. The minimum atomic E-state index is -3.43. The van der Waals surface area contributed by atoms with E-state index in [1.54, 1.807) is 31.4 Å². The quantitative estimate of drug-likeness (QED) is 0.538. The SMILES string of the molecule is CCc1ccc(N(CCCC(=O)NC(C)COc2ccc(OC)cc2)S(C)(=O)=O)cc1. The molecule has 0 aromatic heterocycles. The van der Waals surface area contributed by atoms with Gasteiger partial charge in [0.2, 0.25) is 15.9 Å². The summed E-state index contributed by atoms with van der Waals surface area (Å²) in [6.45, 7) is 4.48. The molecule has 0 spiro atoms. The molecule has 2 aromatic rings. The predicted molar refractivity (Wildman–Crippen MR) is 123 cm³/mol. The summed E-state index contributed by atoms with van der Waals surface area (Å²) in [5.74, 6) is 1.30. The number of carbonyl (C=O) groups excluding carboxylic acids is 1. The number of amides is 1. The molecule has 1 amide bonds. The van der Waals surface area contributed by atoms with Crippen molar-refractivity contribution >= 4 is 21.6 Å². The van der Waals surface area contributed by atoms with Crippen LogP contribution in [0.25, 0.3) is 0 Å². The van der Waals surface area contributed by atoms with E-state index < -0.39 is 10.0 Å². The third kappa shape index (κ3) is 8.13. The van der Waals surface area contributed by atoms with Gasteiger partial charge >= 0.3 is 0 Å². The van der Waals surface area contributed by atoms with Crippen molar-refractivity contribution in [2.75, 3.05) is 30.8 Å². The maximum Gasteiger partial charge on any atom is 0.232 e. The Kier molecular flexibility index (Phi) is 9.18. The van der Waals surface area contributed by atoms with Crippen molar-refractivity contribution < 1.29 is 22.7 Å². The topological polar surface area (TPSA) is 84.9 Å². The molecule has 0 bridgehead atoms. The van der Waals surface area contributed by atoms with Gasteiger partial charge in [-0.3, -0.25) is 9.10 Å². The normalized spacial score (nSPS) is 12.1. The minimum Gasteiger partial charge on any atom is -0.497 e. The number of rotatable bonds is 12. The van der Waals surface area contributed by atoms with E-state index in [4.69, 9.17) is 9.47 Å². The summed E-state index contributed by atoms with van der Waals surface area (Å²) < 4.78 is 36.5. The number of nitrogens with zero attached hydrogens (tertiary/aromatic N) is 1. The molecule has 0 aliphatic heterocycles. The lowest BCUT2D eigenvalue weighted by Gasteiger charge is -2.23. The Morgan fingerprint density at radius 1 is 1.06 bits per heavy atom. The number of ether oxygens (including phenoxy) is 2. The molecule has 1 N–H and O–H groups in total. The molecule has 0 fully saturated rings.